The summed E-state index contributed by atoms with van der Waals surface area (Å²) in [6.45, 7) is 4.49. The maximum atomic E-state index is 11.0. The average Bonchev–Trinajstić information content (AvgIpc) is 2.83. The number of hydrogen-bond acceptors (Lipinski definition) is 2. The van der Waals surface area contributed by atoms with Gasteiger partial charge in [-0.2, -0.15) is 0 Å². The Bertz CT molecular complexity index is 918. The Morgan fingerprint density at radius 2 is 1.43 bits per heavy atom. The fourth-order valence-electron chi connectivity index (χ4n) is 8.62. The van der Waals surface area contributed by atoms with Crippen LogP contribution in [0, 0.1) is 17.8 Å². The molecule has 1 heterocycles. The monoisotopic (exact) mass is 495 g/mol. The molecule has 1 N–H and O–H groups in total. The van der Waals surface area contributed by atoms with Crippen LogP contribution in [0.5, 0.6) is 5.75 Å². The normalized spacial score (nSPS) is 31.5. The van der Waals surface area contributed by atoms with E-state index in [1.54, 1.807) is 5.56 Å². The number of nitrogens with zero attached hydrogens (tertiary/aromatic N) is 1. The summed E-state index contributed by atoms with van der Waals surface area (Å²) in [6.07, 6.45) is 12.1. The lowest BCUT2D eigenvalue weighted by atomic mass is 9.48. The summed E-state index contributed by atoms with van der Waals surface area (Å²) in [7, 11) is 0. The number of likely N-dealkylation sites (tertiary alicyclic amines) is 1. The summed E-state index contributed by atoms with van der Waals surface area (Å²) in [5.74, 6) is 3.82. The van der Waals surface area contributed by atoms with Gasteiger partial charge in [-0.25, -0.2) is 0 Å². The Hall–Kier alpha value is -1.55. The lowest BCUT2D eigenvalue weighted by Gasteiger charge is -2.57. The van der Waals surface area contributed by atoms with Crippen molar-refractivity contribution in [3.05, 3.63) is 65.7 Å². The van der Waals surface area contributed by atoms with E-state index in [1.165, 1.54) is 63.4 Å². The zero-order valence-electron chi connectivity index (χ0n) is 21.1. The van der Waals surface area contributed by atoms with Gasteiger partial charge in [0.05, 0.1) is 13.1 Å². The van der Waals surface area contributed by atoms with Gasteiger partial charge < -0.3 is 26.7 Å². The van der Waals surface area contributed by atoms with Crippen LogP contribution in [0.25, 0.3) is 0 Å². The molecule has 4 bridgehead atoms. The number of hydrogen-bond donors (Lipinski definition) is 1. The number of ether oxygens (including phenoxy) is 1. The van der Waals surface area contributed by atoms with E-state index >= 15 is 0 Å². The minimum absolute atomic E-state index is 0. The minimum Gasteiger partial charge on any atom is -1.00 e. The summed E-state index contributed by atoms with van der Waals surface area (Å²) in [4.78, 5) is 0. The third-order valence-electron chi connectivity index (χ3n) is 9.67. The first-order valence-corrected chi connectivity index (χ1v) is 13.9. The van der Waals surface area contributed by atoms with E-state index in [4.69, 9.17) is 4.74 Å². The average molecular weight is 496 g/mol. The van der Waals surface area contributed by atoms with E-state index in [0.29, 0.717) is 12.0 Å². The topological polar surface area (TPSA) is 29.5 Å². The Kier molecular flexibility index (Phi) is 7.49. The molecule has 0 aromatic heterocycles. The molecule has 4 saturated carbocycles. The van der Waals surface area contributed by atoms with Gasteiger partial charge in [0, 0.05) is 5.56 Å². The Balaban J connectivity index is 0.00000253. The van der Waals surface area contributed by atoms with Crippen LogP contribution < -0.4 is 17.1 Å². The molecule has 1 unspecified atom stereocenters. The van der Waals surface area contributed by atoms with Crippen molar-refractivity contribution in [2.24, 2.45) is 17.8 Å². The second-order valence-corrected chi connectivity index (χ2v) is 12.4. The van der Waals surface area contributed by atoms with Crippen molar-refractivity contribution in [3.8, 4) is 5.75 Å². The molecular weight excluding hydrogens is 454 g/mol. The largest absolute Gasteiger partial charge is 1.00 e. The van der Waals surface area contributed by atoms with E-state index in [-0.39, 0.29) is 12.4 Å². The highest BCUT2D eigenvalue weighted by atomic mass is 35.5. The second-order valence-electron chi connectivity index (χ2n) is 12.4. The first-order valence-electron chi connectivity index (χ1n) is 13.9. The molecule has 5 aliphatic rings. The number of halogens is 1. The summed E-state index contributed by atoms with van der Waals surface area (Å²) < 4.78 is 7.10. The molecule has 5 fully saturated rings. The summed E-state index contributed by atoms with van der Waals surface area (Å²) >= 11 is 0. The Morgan fingerprint density at radius 1 is 0.829 bits per heavy atom. The molecule has 7 rings (SSSR count). The quantitative estimate of drug-likeness (QED) is 0.570. The van der Waals surface area contributed by atoms with Gasteiger partial charge >= 0.3 is 0 Å². The zero-order chi connectivity index (χ0) is 23.0. The van der Waals surface area contributed by atoms with Gasteiger partial charge in [0.2, 0.25) is 0 Å². The fraction of sp³-hybridized carbons (Fsp3) is 0.613. The third kappa shape index (κ3) is 5.43. The van der Waals surface area contributed by atoms with Crippen molar-refractivity contribution in [3.63, 3.8) is 0 Å². The van der Waals surface area contributed by atoms with Crippen molar-refractivity contribution in [1.82, 2.24) is 0 Å². The van der Waals surface area contributed by atoms with Gasteiger partial charge in [-0.3, -0.25) is 0 Å². The molecule has 190 valence electrons. The lowest BCUT2D eigenvalue weighted by Crippen LogP contribution is -3.00. The molecule has 35 heavy (non-hydrogen) atoms. The molecule has 0 radical (unpaired) electrons. The summed E-state index contributed by atoms with van der Waals surface area (Å²) in [5, 5.41) is 11.0. The molecule has 1 aliphatic heterocycles. The van der Waals surface area contributed by atoms with Crippen molar-refractivity contribution in [1.29, 1.82) is 0 Å². The van der Waals surface area contributed by atoms with Crippen LogP contribution in [0.1, 0.15) is 68.9 Å². The maximum Gasteiger partial charge on any atom is 0.137 e. The highest BCUT2D eigenvalue weighted by molar-refractivity contribution is 5.34. The van der Waals surface area contributed by atoms with Crippen LogP contribution in [0.2, 0.25) is 0 Å². The minimum atomic E-state index is -0.440. The Labute approximate surface area is 217 Å². The van der Waals surface area contributed by atoms with E-state index in [1.807, 2.05) is 0 Å². The van der Waals surface area contributed by atoms with Crippen LogP contribution in [-0.4, -0.2) is 41.9 Å². The molecule has 0 amide bonds. The van der Waals surface area contributed by atoms with E-state index in [2.05, 4.69) is 54.6 Å². The predicted octanol–water partition coefficient (Wildman–Crippen LogP) is 3.10. The van der Waals surface area contributed by atoms with Crippen LogP contribution in [0.3, 0.4) is 0 Å². The number of quaternary nitrogens is 1. The third-order valence-corrected chi connectivity index (χ3v) is 9.67. The first-order chi connectivity index (χ1) is 16.6. The molecule has 1 saturated heterocycles. The van der Waals surface area contributed by atoms with Crippen molar-refractivity contribution >= 4 is 0 Å². The zero-order valence-corrected chi connectivity index (χ0v) is 21.8. The smallest absolute Gasteiger partial charge is 0.137 e. The van der Waals surface area contributed by atoms with Crippen LogP contribution in [0.4, 0.5) is 0 Å². The molecular formula is C31H42ClNO2. The SMILES string of the molecule is OC(COc1ccc(C23CC4CC(CC(C4)C2)C3)cc1)C[N+]1(Cc2ccccc2)CCCCC1.[Cl-]. The van der Waals surface area contributed by atoms with Gasteiger partial charge in [0.25, 0.3) is 0 Å². The van der Waals surface area contributed by atoms with Gasteiger partial charge in [-0.15, -0.1) is 0 Å². The number of piperidine rings is 1. The van der Waals surface area contributed by atoms with Crippen molar-refractivity contribution in [2.75, 3.05) is 26.2 Å². The van der Waals surface area contributed by atoms with Crippen LogP contribution in [-0.2, 0) is 12.0 Å². The molecule has 4 aliphatic carbocycles. The first kappa shape index (κ1) is 25.1. The van der Waals surface area contributed by atoms with E-state index in [0.717, 1.165) is 54.2 Å². The lowest BCUT2D eigenvalue weighted by molar-refractivity contribution is -0.947. The van der Waals surface area contributed by atoms with Crippen molar-refractivity contribution < 1.29 is 26.7 Å². The van der Waals surface area contributed by atoms with Crippen LogP contribution >= 0.6 is 0 Å². The molecule has 1 atom stereocenters. The molecule has 2 aromatic rings. The van der Waals surface area contributed by atoms with Gasteiger partial charge in [-0.05, 0) is 98.7 Å². The van der Waals surface area contributed by atoms with Gasteiger partial charge in [0.15, 0.2) is 0 Å². The maximum absolute atomic E-state index is 11.0. The predicted molar refractivity (Wildman–Crippen MR) is 137 cm³/mol. The summed E-state index contributed by atoms with van der Waals surface area (Å²) in [6, 6.07) is 19.8. The number of rotatable bonds is 8. The van der Waals surface area contributed by atoms with Crippen LogP contribution in [0.15, 0.2) is 54.6 Å². The molecule has 2 aromatic carbocycles. The standard InChI is InChI=1S/C31H42NO2.ClH/c33-29(22-32(13-5-2-6-14-32)21-24-7-3-1-4-8-24)23-34-30-11-9-28(10-12-30)31-18-25-15-26(19-31)17-27(16-25)20-31;/h1,3-4,7-12,25-27,29,33H,2,5-6,13-23H2;1H/q+1;/p-1. The number of aliphatic hydroxyl groups is 1. The number of benzene rings is 2. The van der Waals surface area contributed by atoms with E-state index < -0.39 is 6.10 Å². The molecule has 4 heteroatoms. The number of aliphatic hydroxyl groups excluding tert-OH is 1. The summed E-state index contributed by atoms with van der Waals surface area (Å²) in [5.41, 5.74) is 3.35. The molecule has 3 nitrogen and oxygen atoms in total. The molecule has 0 spiro atoms. The van der Waals surface area contributed by atoms with Gasteiger partial charge in [-0.1, -0.05) is 42.5 Å². The van der Waals surface area contributed by atoms with Crippen molar-refractivity contribution in [2.45, 2.75) is 75.9 Å². The van der Waals surface area contributed by atoms with Gasteiger partial charge in [0.1, 0.15) is 31.5 Å². The van der Waals surface area contributed by atoms with E-state index in [9.17, 15) is 5.11 Å². The fourth-order valence-corrected chi connectivity index (χ4v) is 8.62. The highest BCUT2D eigenvalue weighted by Crippen LogP contribution is 2.60. The highest BCUT2D eigenvalue weighted by Gasteiger charge is 2.51. The Morgan fingerprint density at radius 3 is 2.03 bits per heavy atom. The second kappa shape index (κ2) is 10.4.